The van der Waals surface area contributed by atoms with E-state index in [2.05, 4.69) is 42.0 Å². The molecule has 0 fully saturated rings. The Kier molecular flexibility index (Phi) is 18.4. The van der Waals surface area contributed by atoms with Crippen molar-refractivity contribution in [3.8, 4) is 0 Å². The SMILES string of the molecule is CCCCCCCCCCCCOOOOOOOO. The van der Waals surface area contributed by atoms with E-state index >= 15 is 0 Å². The van der Waals surface area contributed by atoms with Crippen LogP contribution in [0.2, 0.25) is 0 Å². The Bertz CT molecular complexity index is 152. The molecule has 0 atom stereocenters. The minimum Gasteiger partial charge on any atom is -0.219 e. The third-order valence-corrected chi connectivity index (χ3v) is 2.77. The van der Waals surface area contributed by atoms with Crippen LogP contribution in [0.25, 0.3) is 0 Å². The van der Waals surface area contributed by atoms with Gasteiger partial charge in [0.15, 0.2) is 0 Å². The minimum absolute atomic E-state index is 0.386. The van der Waals surface area contributed by atoms with Crippen LogP contribution in [0, 0.1) is 0 Å². The molecule has 0 rings (SSSR count). The molecular formula is C12H26O8. The number of hydrogen-bond acceptors (Lipinski definition) is 8. The van der Waals surface area contributed by atoms with Crippen LogP contribution in [0.1, 0.15) is 71.1 Å². The van der Waals surface area contributed by atoms with Crippen LogP contribution in [-0.4, -0.2) is 11.9 Å². The quantitative estimate of drug-likeness (QED) is 0.245. The lowest BCUT2D eigenvalue weighted by atomic mass is 10.1. The average Bonchev–Trinajstić information content (AvgIpc) is 2.47. The number of unbranched alkanes of at least 4 members (excludes halogenated alkanes) is 9. The van der Waals surface area contributed by atoms with Crippen LogP contribution in [0.3, 0.4) is 0 Å². The molecule has 20 heavy (non-hydrogen) atoms. The molecule has 0 aliphatic heterocycles. The molecule has 0 saturated carbocycles. The van der Waals surface area contributed by atoms with Gasteiger partial charge in [-0.25, -0.2) is 10.1 Å². The van der Waals surface area contributed by atoms with Crippen molar-refractivity contribution in [2.24, 2.45) is 0 Å². The predicted molar refractivity (Wildman–Crippen MR) is 66.9 cm³/mol. The van der Waals surface area contributed by atoms with Crippen molar-refractivity contribution in [1.29, 1.82) is 0 Å². The summed E-state index contributed by atoms with van der Waals surface area (Å²) in [5.41, 5.74) is 0. The van der Waals surface area contributed by atoms with Gasteiger partial charge in [0.05, 0.1) is 6.61 Å². The van der Waals surface area contributed by atoms with Crippen LogP contribution >= 0.6 is 0 Å². The van der Waals surface area contributed by atoms with Gasteiger partial charge in [-0.2, -0.15) is 0 Å². The monoisotopic (exact) mass is 298 g/mol. The lowest BCUT2D eigenvalue weighted by Crippen LogP contribution is -2.01. The van der Waals surface area contributed by atoms with Crippen molar-refractivity contribution in [1.82, 2.24) is 0 Å². The first-order valence-corrected chi connectivity index (χ1v) is 7.18. The number of hydrogen-bond donors (Lipinski definition) is 1. The summed E-state index contributed by atoms with van der Waals surface area (Å²) in [7, 11) is 0. The van der Waals surface area contributed by atoms with Crippen molar-refractivity contribution in [3.05, 3.63) is 0 Å². The summed E-state index contributed by atoms with van der Waals surface area (Å²) in [4.78, 5) is 4.60. The summed E-state index contributed by atoms with van der Waals surface area (Å²) in [6.45, 7) is 2.62. The molecular weight excluding hydrogens is 272 g/mol. The van der Waals surface area contributed by atoms with E-state index in [1.807, 2.05) is 0 Å². The van der Waals surface area contributed by atoms with Gasteiger partial charge in [0, 0.05) is 0 Å². The molecule has 0 heterocycles. The van der Waals surface area contributed by atoms with E-state index in [9.17, 15) is 0 Å². The Morgan fingerprint density at radius 2 is 1.10 bits per heavy atom. The van der Waals surface area contributed by atoms with E-state index in [0.29, 0.717) is 6.61 Å². The van der Waals surface area contributed by atoms with Gasteiger partial charge in [-0.3, -0.25) is 0 Å². The van der Waals surface area contributed by atoms with E-state index < -0.39 is 0 Å². The molecule has 122 valence electrons. The van der Waals surface area contributed by atoms with Gasteiger partial charge in [-0.05, 0) is 36.7 Å². The maximum atomic E-state index is 7.63. The van der Waals surface area contributed by atoms with Crippen molar-refractivity contribution in [2.75, 3.05) is 6.61 Å². The zero-order valence-electron chi connectivity index (χ0n) is 12.1. The third kappa shape index (κ3) is 17.7. The molecule has 0 amide bonds. The fraction of sp³-hybridized carbons (Fsp3) is 1.00. The second kappa shape index (κ2) is 18.7. The zero-order chi connectivity index (χ0) is 14.7. The first-order chi connectivity index (χ1) is 9.91. The van der Waals surface area contributed by atoms with Gasteiger partial charge in [-0.1, -0.05) is 64.7 Å². The molecule has 8 heteroatoms. The molecule has 0 bridgehead atoms. The highest BCUT2D eigenvalue weighted by Crippen LogP contribution is 2.10. The molecule has 0 aromatic heterocycles. The molecule has 8 nitrogen and oxygen atoms in total. The standard InChI is InChI=1S/C12H26O8/c1-2-3-4-5-6-7-8-9-10-11-12-14-16-18-20-19-17-15-13/h13H,2-12H2,1H3. The van der Waals surface area contributed by atoms with Gasteiger partial charge in [-0.15, -0.1) is 0 Å². The van der Waals surface area contributed by atoms with Gasteiger partial charge in [0.25, 0.3) is 0 Å². The minimum atomic E-state index is 0.386. The van der Waals surface area contributed by atoms with Crippen LogP contribution in [0.5, 0.6) is 0 Å². The summed E-state index contributed by atoms with van der Waals surface area (Å²) in [5.74, 6) is 0. The van der Waals surface area contributed by atoms with Gasteiger partial charge in [0.2, 0.25) is 0 Å². The molecule has 0 aliphatic carbocycles. The fourth-order valence-corrected chi connectivity index (χ4v) is 1.75. The van der Waals surface area contributed by atoms with E-state index in [1.165, 1.54) is 51.4 Å². The molecule has 0 aliphatic rings. The van der Waals surface area contributed by atoms with Crippen LogP contribution < -0.4 is 0 Å². The average molecular weight is 298 g/mol. The predicted octanol–water partition coefficient (Wildman–Crippen LogP) is 3.99. The van der Waals surface area contributed by atoms with Crippen LogP contribution in [0.15, 0.2) is 0 Å². The van der Waals surface area contributed by atoms with Crippen LogP contribution in [-0.2, 0) is 35.1 Å². The Hall–Kier alpha value is -0.320. The van der Waals surface area contributed by atoms with Gasteiger partial charge < -0.3 is 0 Å². The topological polar surface area (TPSA) is 84.8 Å². The fourth-order valence-electron chi connectivity index (χ4n) is 1.75. The zero-order valence-corrected chi connectivity index (χ0v) is 12.1. The maximum absolute atomic E-state index is 7.63. The largest absolute Gasteiger partial charge is 0.219 e. The highest BCUT2D eigenvalue weighted by molar-refractivity contribution is 4.46. The summed E-state index contributed by atoms with van der Waals surface area (Å²) in [6.07, 6.45) is 12.4. The maximum Gasteiger partial charge on any atom is 0.0855 e. The molecule has 0 unspecified atom stereocenters. The van der Waals surface area contributed by atoms with E-state index in [-0.39, 0.29) is 0 Å². The Morgan fingerprint density at radius 1 is 0.600 bits per heavy atom. The molecule has 0 spiro atoms. The summed E-state index contributed by atoms with van der Waals surface area (Å²) in [5, 5.41) is 29.4. The number of rotatable bonds is 17. The molecule has 0 aromatic carbocycles. The summed E-state index contributed by atoms with van der Waals surface area (Å²) < 4.78 is 0. The smallest absolute Gasteiger partial charge is 0.0855 e. The second-order valence-corrected chi connectivity index (χ2v) is 4.42. The van der Waals surface area contributed by atoms with Crippen LogP contribution in [0.4, 0.5) is 0 Å². The molecule has 0 aromatic rings. The van der Waals surface area contributed by atoms with Crippen molar-refractivity contribution in [3.63, 3.8) is 0 Å². The van der Waals surface area contributed by atoms with Crippen molar-refractivity contribution >= 4 is 0 Å². The molecule has 0 saturated heterocycles. The molecule has 1 N–H and O–H groups in total. The summed E-state index contributed by atoms with van der Waals surface area (Å²) in [6, 6.07) is 0. The van der Waals surface area contributed by atoms with Gasteiger partial charge >= 0.3 is 0 Å². The second-order valence-electron chi connectivity index (χ2n) is 4.42. The first-order valence-electron chi connectivity index (χ1n) is 7.18. The lowest BCUT2D eigenvalue weighted by Gasteiger charge is -2.02. The Morgan fingerprint density at radius 3 is 1.70 bits per heavy atom. The highest BCUT2D eigenvalue weighted by Gasteiger charge is 1.95. The molecule has 0 radical (unpaired) electrons. The van der Waals surface area contributed by atoms with Crippen molar-refractivity contribution < 1.29 is 40.4 Å². The normalized spacial score (nSPS) is 11.1. The first kappa shape index (κ1) is 19.7. The van der Waals surface area contributed by atoms with E-state index in [4.69, 9.17) is 5.26 Å². The highest BCUT2D eigenvalue weighted by atomic mass is 17.9. The lowest BCUT2D eigenvalue weighted by molar-refractivity contribution is -0.812. The van der Waals surface area contributed by atoms with Crippen molar-refractivity contribution in [2.45, 2.75) is 71.1 Å². The summed E-state index contributed by atoms with van der Waals surface area (Å²) >= 11 is 0. The van der Waals surface area contributed by atoms with Gasteiger partial charge in [0.1, 0.15) is 0 Å². The van der Waals surface area contributed by atoms with E-state index in [0.717, 1.165) is 12.8 Å². The van der Waals surface area contributed by atoms with E-state index in [1.54, 1.807) is 0 Å². The Labute approximate surface area is 119 Å². The third-order valence-electron chi connectivity index (χ3n) is 2.77. The Balaban J connectivity index is 2.89.